The summed E-state index contributed by atoms with van der Waals surface area (Å²) >= 11 is 6.42. The molecule has 31 heavy (non-hydrogen) atoms. The quantitative estimate of drug-likeness (QED) is 0.430. The molecule has 4 aromatic rings. The summed E-state index contributed by atoms with van der Waals surface area (Å²) in [6.45, 7) is 0.383. The zero-order valence-corrected chi connectivity index (χ0v) is 17.8. The average molecular weight is 431 g/mol. The maximum absolute atomic E-state index is 12.9. The minimum Gasteiger partial charge on any atom is -0.346 e. The van der Waals surface area contributed by atoms with Gasteiger partial charge in [-0.3, -0.25) is 9.78 Å². The summed E-state index contributed by atoms with van der Waals surface area (Å²) in [5, 5.41) is 3.69. The van der Waals surface area contributed by atoms with Gasteiger partial charge >= 0.3 is 0 Å². The van der Waals surface area contributed by atoms with Crippen LogP contribution in [0.4, 0.5) is 0 Å². The number of benzene rings is 2. The lowest BCUT2D eigenvalue weighted by molar-refractivity contribution is 0.0950. The summed E-state index contributed by atoms with van der Waals surface area (Å²) in [7, 11) is 0. The first-order valence-electron chi connectivity index (χ1n) is 10.6. The number of nitrogens with zero attached hydrogens (tertiary/aromatic N) is 2. The Bertz CT molecular complexity index is 1230. The number of hydrogen-bond donors (Lipinski definition) is 2. The number of fused-ring (bicyclic) bond motifs is 1. The molecule has 1 aliphatic rings. The normalized spacial score (nSPS) is 13.8. The van der Waals surface area contributed by atoms with Crippen LogP contribution in [0.1, 0.15) is 58.2 Å². The Hall–Kier alpha value is -3.18. The number of imidazole rings is 1. The first kappa shape index (κ1) is 19.8. The first-order chi connectivity index (χ1) is 15.2. The van der Waals surface area contributed by atoms with Gasteiger partial charge in [-0.1, -0.05) is 42.3 Å². The Balaban J connectivity index is 1.49. The number of carbonyl (C=O) groups excluding carboxylic acids is 1. The van der Waals surface area contributed by atoms with Gasteiger partial charge in [0, 0.05) is 29.1 Å². The monoisotopic (exact) mass is 430 g/mol. The number of carbonyl (C=O) groups is 1. The van der Waals surface area contributed by atoms with Crippen molar-refractivity contribution in [2.24, 2.45) is 0 Å². The van der Waals surface area contributed by atoms with Crippen LogP contribution in [0.3, 0.4) is 0 Å². The predicted octanol–water partition coefficient (Wildman–Crippen LogP) is 5.40. The Morgan fingerprint density at radius 3 is 2.68 bits per heavy atom. The SMILES string of the molecule is O=C(NCc1ccccn1)c1cc(Cc2ccccc2Cl)c2nc(C3CCC3)[nH]c2c1. The predicted molar refractivity (Wildman–Crippen MR) is 122 cm³/mol. The summed E-state index contributed by atoms with van der Waals surface area (Å²) < 4.78 is 0. The number of rotatable bonds is 6. The molecule has 0 bridgehead atoms. The number of amides is 1. The molecule has 0 spiro atoms. The zero-order valence-electron chi connectivity index (χ0n) is 17.1. The van der Waals surface area contributed by atoms with Crippen molar-refractivity contribution in [2.45, 2.75) is 38.1 Å². The topological polar surface area (TPSA) is 70.7 Å². The Morgan fingerprint density at radius 1 is 1.10 bits per heavy atom. The molecular formula is C25H23ClN4O. The molecule has 0 atom stereocenters. The van der Waals surface area contributed by atoms with Crippen molar-refractivity contribution in [2.75, 3.05) is 0 Å². The Kier molecular flexibility index (Phi) is 5.43. The fourth-order valence-corrected chi connectivity index (χ4v) is 4.17. The van der Waals surface area contributed by atoms with E-state index in [-0.39, 0.29) is 5.91 Å². The largest absolute Gasteiger partial charge is 0.346 e. The molecule has 2 N–H and O–H groups in total. The summed E-state index contributed by atoms with van der Waals surface area (Å²) in [4.78, 5) is 25.6. The van der Waals surface area contributed by atoms with Crippen LogP contribution in [0.5, 0.6) is 0 Å². The highest BCUT2D eigenvalue weighted by atomic mass is 35.5. The summed E-state index contributed by atoms with van der Waals surface area (Å²) in [6.07, 6.45) is 5.91. The number of hydrogen-bond acceptors (Lipinski definition) is 3. The van der Waals surface area contributed by atoms with Gasteiger partial charge in [0.15, 0.2) is 0 Å². The van der Waals surface area contributed by atoms with Crippen molar-refractivity contribution in [3.8, 4) is 0 Å². The van der Waals surface area contributed by atoms with E-state index >= 15 is 0 Å². The van der Waals surface area contributed by atoms with E-state index in [1.807, 2.05) is 54.6 Å². The van der Waals surface area contributed by atoms with Crippen LogP contribution < -0.4 is 5.32 Å². The molecule has 1 saturated carbocycles. The van der Waals surface area contributed by atoms with Gasteiger partial charge < -0.3 is 10.3 Å². The highest BCUT2D eigenvalue weighted by Gasteiger charge is 2.24. The number of aromatic nitrogens is 3. The van der Waals surface area contributed by atoms with Crippen molar-refractivity contribution < 1.29 is 4.79 Å². The van der Waals surface area contributed by atoms with Crippen molar-refractivity contribution >= 4 is 28.5 Å². The fourth-order valence-electron chi connectivity index (χ4n) is 3.97. The van der Waals surface area contributed by atoms with Crippen LogP contribution in [0, 0.1) is 0 Å². The summed E-state index contributed by atoms with van der Waals surface area (Å²) in [5.74, 6) is 1.38. The number of H-pyrrole nitrogens is 1. The number of halogens is 1. The summed E-state index contributed by atoms with van der Waals surface area (Å²) in [5.41, 5.74) is 5.26. The molecule has 0 aliphatic heterocycles. The van der Waals surface area contributed by atoms with Crippen LogP contribution in [-0.4, -0.2) is 20.9 Å². The molecular weight excluding hydrogens is 408 g/mol. The lowest BCUT2D eigenvalue weighted by atomic mass is 9.85. The van der Waals surface area contributed by atoms with E-state index in [1.54, 1.807) is 6.20 Å². The highest BCUT2D eigenvalue weighted by Crippen LogP contribution is 2.36. The maximum Gasteiger partial charge on any atom is 0.251 e. The molecule has 1 aliphatic carbocycles. The lowest BCUT2D eigenvalue weighted by Crippen LogP contribution is -2.23. The number of aromatic amines is 1. The van der Waals surface area contributed by atoms with E-state index in [1.165, 1.54) is 6.42 Å². The second kappa shape index (κ2) is 8.52. The van der Waals surface area contributed by atoms with E-state index < -0.39 is 0 Å². The van der Waals surface area contributed by atoms with E-state index in [9.17, 15) is 4.79 Å². The minimum absolute atomic E-state index is 0.132. The van der Waals surface area contributed by atoms with E-state index in [0.29, 0.717) is 24.4 Å². The second-order valence-corrected chi connectivity index (χ2v) is 8.46. The molecule has 5 nitrogen and oxygen atoms in total. The third-order valence-electron chi connectivity index (χ3n) is 5.93. The van der Waals surface area contributed by atoms with E-state index in [2.05, 4.69) is 15.3 Å². The Morgan fingerprint density at radius 2 is 1.94 bits per heavy atom. The summed E-state index contributed by atoms with van der Waals surface area (Å²) in [6, 6.07) is 17.3. The van der Waals surface area contributed by atoms with Crippen LogP contribution in [-0.2, 0) is 13.0 Å². The fraction of sp³-hybridized carbons (Fsp3) is 0.240. The Labute approximate surface area is 185 Å². The molecule has 1 fully saturated rings. The van der Waals surface area contributed by atoms with Gasteiger partial charge in [-0.05, 0) is 54.3 Å². The number of nitrogens with one attached hydrogen (secondary N) is 2. The van der Waals surface area contributed by atoms with E-state index in [0.717, 1.165) is 51.5 Å². The van der Waals surface area contributed by atoms with Gasteiger partial charge in [0.1, 0.15) is 5.82 Å². The van der Waals surface area contributed by atoms with Crippen molar-refractivity contribution in [3.63, 3.8) is 0 Å². The van der Waals surface area contributed by atoms with Crippen molar-refractivity contribution in [1.29, 1.82) is 0 Å². The van der Waals surface area contributed by atoms with Gasteiger partial charge in [0.05, 0.1) is 23.3 Å². The maximum atomic E-state index is 12.9. The molecule has 5 rings (SSSR count). The molecule has 6 heteroatoms. The second-order valence-electron chi connectivity index (χ2n) is 8.05. The zero-order chi connectivity index (χ0) is 21.2. The smallest absolute Gasteiger partial charge is 0.251 e. The van der Waals surface area contributed by atoms with Crippen LogP contribution in [0.15, 0.2) is 60.8 Å². The van der Waals surface area contributed by atoms with Gasteiger partial charge in [-0.25, -0.2) is 4.98 Å². The molecule has 0 saturated heterocycles. The van der Waals surface area contributed by atoms with Crippen LogP contribution in [0.25, 0.3) is 11.0 Å². The minimum atomic E-state index is -0.132. The molecule has 2 aromatic heterocycles. The third-order valence-corrected chi connectivity index (χ3v) is 6.30. The molecule has 2 heterocycles. The van der Waals surface area contributed by atoms with Crippen LogP contribution >= 0.6 is 11.6 Å². The number of pyridine rings is 1. The van der Waals surface area contributed by atoms with E-state index in [4.69, 9.17) is 16.6 Å². The molecule has 156 valence electrons. The van der Waals surface area contributed by atoms with Crippen molar-refractivity contribution in [3.05, 3.63) is 94.0 Å². The third kappa shape index (κ3) is 4.19. The standard InChI is InChI=1S/C25H23ClN4O/c26-21-10-2-1-6-17(21)12-18-13-19(25(31)28-15-20-9-3-4-11-27-20)14-22-23(18)30-24(29-22)16-7-5-8-16/h1-4,6,9-11,13-14,16H,5,7-8,12,15H2,(H,28,31)(H,29,30). The van der Waals surface area contributed by atoms with Crippen LogP contribution in [0.2, 0.25) is 5.02 Å². The van der Waals surface area contributed by atoms with Gasteiger partial charge in [0.2, 0.25) is 0 Å². The first-order valence-corrected chi connectivity index (χ1v) is 11.0. The van der Waals surface area contributed by atoms with Gasteiger partial charge in [-0.15, -0.1) is 0 Å². The van der Waals surface area contributed by atoms with Gasteiger partial charge in [-0.2, -0.15) is 0 Å². The molecule has 2 aromatic carbocycles. The van der Waals surface area contributed by atoms with Gasteiger partial charge in [0.25, 0.3) is 5.91 Å². The average Bonchev–Trinajstić information content (AvgIpc) is 3.16. The lowest BCUT2D eigenvalue weighted by Gasteiger charge is -2.22. The molecule has 0 unspecified atom stereocenters. The highest BCUT2D eigenvalue weighted by molar-refractivity contribution is 6.31. The van der Waals surface area contributed by atoms with Crippen molar-refractivity contribution in [1.82, 2.24) is 20.3 Å². The molecule has 1 amide bonds. The molecule has 0 radical (unpaired) electrons.